The molecule has 2 aromatic carbocycles. The largest absolute Gasteiger partial charge is 0.426 e. The second-order valence-electron chi connectivity index (χ2n) is 7.14. The molecule has 0 N–H and O–H groups in total. The topological polar surface area (TPSA) is 32.8 Å². The molecule has 0 unspecified atom stereocenters. The highest BCUT2D eigenvalue weighted by molar-refractivity contribution is 5.75. The van der Waals surface area contributed by atoms with Crippen LogP contribution in [0.25, 0.3) is 0 Å². The first-order chi connectivity index (χ1) is 13.7. The summed E-state index contributed by atoms with van der Waals surface area (Å²) < 4.78 is 60.4. The average Bonchev–Trinajstić information content (AvgIpc) is 2.65. The smallest absolute Gasteiger partial charge is 0.416 e. The number of rotatable bonds is 5. The number of hydrogen-bond acceptors (Lipinski definition) is 4. The number of para-hydroxylation sites is 1. The molecule has 1 aliphatic heterocycles. The summed E-state index contributed by atoms with van der Waals surface area (Å²) in [5.74, 6) is -1.41. The maximum Gasteiger partial charge on any atom is 0.416 e. The van der Waals surface area contributed by atoms with Crippen molar-refractivity contribution in [1.82, 2.24) is 9.80 Å². The number of carbonyl (C=O) groups is 1. The normalized spacial score (nSPS) is 16.0. The molecule has 0 bridgehead atoms. The Morgan fingerprint density at radius 3 is 2.31 bits per heavy atom. The van der Waals surface area contributed by atoms with Crippen LogP contribution in [0.5, 0.6) is 5.75 Å². The van der Waals surface area contributed by atoms with E-state index in [-0.39, 0.29) is 23.4 Å². The van der Waals surface area contributed by atoms with Crippen LogP contribution in [-0.4, -0.2) is 49.0 Å². The fourth-order valence-electron chi connectivity index (χ4n) is 3.25. The number of likely N-dealkylation sites (N-methyl/N-ethyl adjacent to an activating group) is 1. The maximum absolute atomic E-state index is 14.5. The van der Waals surface area contributed by atoms with Crippen LogP contribution >= 0.6 is 0 Å². The first kappa shape index (κ1) is 21.3. The molecule has 0 saturated carbocycles. The minimum atomic E-state index is -4.65. The van der Waals surface area contributed by atoms with Gasteiger partial charge in [-0.1, -0.05) is 18.2 Å². The predicted molar refractivity (Wildman–Crippen MR) is 100.0 cm³/mol. The Balaban J connectivity index is 1.79. The Labute approximate surface area is 166 Å². The zero-order valence-corrected chi connectivity index (χ0v) is 16.0. The first-order valence-electron chi connectivity index (χ1n) is 9.27. The first-order valence-corrected chi connectivity index (χ1v) is 9.27. The quantitative estimate of drug-likeness (QED) is 0.427. The highest BCUT2D eigenvalue weighted by atomic mass is 19.4. The molecule has 1 fully saturated rings. The zero-order chi connectivity index (χ0) is 21.0. The summed E-state index contributed by atoms with van der Waals surface area (Å²) in [5.41, 5.74) is -1.37. The number of halogens is 4. The molecule has 3 rings (SSSR count). The number of ether oxygens (including phenoxy) is 1. The Hall–Kier alpha value is -2.45. The molecule has 2 aromatic rings. The molecule has 0 amide bonds. The Morgan fingerprint density at radius 1 is 1.03 bits per heavy atom. The van der Waals surface area contributed by atoms with E-state index in [1.165, 1.54) is 12.1 Å². The van der Waals surface area contributed by atoms with E-state index in [2.05, 4.69) is 4.90 Å². The predicted octanol–water partition coefficient (Wildman–Crippen LogP) is 3.74. The summed E-state index contributed by atoms with van der Waals surface area (Å²) in [5, 5.41) is 0. The van der Waals surface area contributed by atoms with E-state index in [9.17, 15) is 22.4 Å². The van der Waals surface area contributed by atoms with Crippen molar-refractivity contribution in [3.63, 3.8) is 0 Å². The van der Waals surface area contributed by atoms with Crippen LogP contribution in [0.4, 0.5) is 17.6 Å². The molecular formula is C21H22F4N2O2. The second kappa shape index (κ2) is 8.92. The molecule has 0 aliphatic carbocycles. The molecule has 0 radical (unpaired) electrons. The van der Waals surface area contributed by atoms with E-state index in [1.807, 2.05) is 11.9 Å². The lowest BCUT2D eigenvalue weighted by Gasteiger charge is -2.33. The van der Waals surface area contributed by atoms with Crippen molar-refractivity contribution in [3.8, 4) is 5.75 Å². The summed E-state index contributed by atoms with van der Waals surface area (Å²) in [6.45, 7) is 2.72. The van der Waals surface area contributed by atoms with E-state index in [0.29, 0.717) is 13.1 Å². The van der Waals surface area contributed by atoms with Crippen molar-refractivity contribution in [3.05, 3.63) is 65.0 Å². The van der Waals surface area contributed by atoms with Gasteiger partial charge in [0.2, 0.25) is 0 Å². The van der Waals surface area contributed by atoms with Gasteiger partial charge in [0.05, 0.1) is 12.0 Å². The van der Waals surface area contributed by atoms with Crippen LogP contribution in [-0.2, 0) is 23.9 Å². The standard InChI is InChI=1S/C21H22F4N2O2/c1-26-7-9-27(10-8-26)14-16-12-19(22)15(11-18(16)21(23,24)25)13-20(28)29-17-5-3-2-4-6-17/h2-6,11-12H,7-10,13-14H2,1H3. The van der Waals surface area contributed by atoms with Crippen LogP contribution < -0.4 is 4.74 Å². The van der Waals surface area contributed by atoms with E-state index in [1.54, 1.807) is 18.2 Å². The third-order valence-electron chi connectivity index (χ3n) is 4.88. The number of benzene rings is 2. The van der Waals surface area contributed by atoms with Crippen LogP contribution in [0.1, 0.15) is 16.7 Å². The lowest BCUT2D eigenvalue weighted by Crippen LogP contribution is -2.44. The van der Waals surface area contributed by atoms with Gasteiger partial charge in [-0.2, -0.15) is 13.2 Å². The minimum Gasteiger partial charge on any atom is -0.426 e. The van der Waals surface area contributed by atoms with Gasteiger partial charge < -0.3 is 9.64 Å². The third kappa shape index (κ3) is 5.77. The number of nitrogens with zero attached hydrogens (tertiary/aromatic N) is 2. The molecule has 1 saturated heterocycles. The van der Waals surface area contributed by atoms with Gasteiger partial charge in [-0.15, -0.1) is 0 Å². The van der Waals surface area contributed by atoms with Gasteiger partial charge in [-0.3, -0.25) is 9.69 Å². The number of alkyl halides is 3. The second-order valence-corrected chi connectivity index (χ2v) is 7.14. The molecule has 0 spiro atoms. The van der Waals surface area contributed by atoms with Crippen molar-refractivity contribution in [1.29, 1.82) is 0 Å². The van der Waals surface area contributed by atoms with Gasteiger partial charge in [0.25, 0.3) is 0 Å². The maximum atomic E-state index is 14.5. The average molecular weight is 410 g/mol. The van der Waals surface area contributed by atoms with E-state index in [4.69, 9.17) is 4.74 Å². The van der Waals surface area contributed by atoms with E-state index in [0.717, 1.165) is 25.2 Å². The number of piperazine rings is 1. The third-order valence-corrected chi connectivity index (χ3v) is 4.88. The zero-order valence-electron chi connectivity index (χ0n) is 16.0. The van der Waals surface area contributed by atoms with E-state index >= 15 is 0 Å². The van der Waals surface area contributed by atoms with Crippen molar-refractivity contribution in [2.24, 2.45) is 0 Å². The Kier molecular flexibility index (Phi) is 6.54. The molecule has 4 nitrogen and oxygen atoms in total. The molecule has 8 heteroatoms. The number of carbonyl (C=O) groups excluding carboxylic acids is 1. The monoisotopic (exact) mass is 410 g/mol. The lowest BCUT2D eigenvalue weighted by molar-refractivity contribution is -0.139. The molecule has 1 aliphatic rings. The summed E-state index contributed by atoms with van der Waals surface area (Å²) in [7, 11) is 1.95. The van der Waals surface area contributed by atoms with Crippen LogP contribution in [0.2, 0.25) is 0 Å². The molecular weight excluding hydrogens is 388 g/mol. The van der Waals surface area contributed by atoms with Gasteiger partial charge in [0.15, 0.2) is 0 Å². The molecule has 0 atom stereocenters. The van der Waals surface area contributed by atoms with Crippen LogP contribution in [0.15, 0.2) is 42.5 Å². The Bertz CT molecular complexity index is 848. The van der Waals surface area contributed by atoms with Gasteiger partial charge in [-0.25, -0.2) is 4.39 Å². The summed E-state index contributed by atoms with van der Waals surface area (Å²) in [6, 6.07) is 9.73. The van der Waals surface area contributed by atoms with Crippen molar-refractivity contribution in [2.75, 3.05) is 33.2 Å². The van der Waals surface area contributed by atoms with Gasteiger partial charge in [-0.05, 0) is 42.4 Å². The van der Waals surface area contributed by atoms with Gasteiger partial charge in [0.1, 0.15) is 11.6 Å². The van der Waals surface area contributed by atoms with Crippen LogP contribution in [0, 0.1) is 5.82 Å². The summed E-state index contributed by atoms with van der Waals surface area (Å²) >= 11 is 0. The highest BCUT2D eigenvalue weighted by Gasteiger charge is 2.35. The molecule has 0 aromatic heterocycles. The fraction of sp³-hybridized carbons (Fsp3) is 0.381. The molecule has 29 heavy (non-hydrogen) atoms. The Morgan fingerprint density at radius 2 is 1.69 bits per heavy atom. The minimum absolute atomic E-state index is 0.00828. The van der Waals surface area contributed by atoms with Crippen molar-refractivity contribution < 1.29 is 27.1 Å². The van der Waals surface area contributed by atoms with Gasteiger partial charge >= 0.3 is 12.1 Å². The lowest BCUT2D eigenvalue weighted by atomic mass is 10.00. The van der Waals surface area contributed by atoms with Crippen molar-refractivity contribution >= 4 is 5.97 Å². The molecule has 156 valence electrons. The fourth-order valence-corrected chi connectivity index (χ4v) is 3.25. The van der Waals surface area contributed by atoms with Gasteiger partial charge in [0, 0.05) is 32.7 Å². The van der Waals surface area contributed by atoms with Crippen LogP contribution in [0.3, 0.4) is 0 Å². The molecule has 1 heterocycles. The SMILES string of the molecule is CN1CCN(Cc2cc(F)c(CC(=O)Oc3ccccc3)cc2C(F)(F)F)CC1. The summed E-state index contributed by atoms with van der Waals surface area (Å²) in [6.07, 6.45) is -5.23. The van der Waals surface area contributed by atoms with Crippen molar-refractivity contribution in [2.45, 2.75) is 19.1 Å². The highest BCUT2D eigenvalue weighted by Crippen LogP contribution is 2.34. The summed E-state index contributed by atoms with van der Waals surface area (Å²) in [4.78, 5) is 16.0. The number of hydrogen-bond donors (Lipinski definition) is 0. The number of esters is 1. The van der Waals surface area contributed by atoms with E-state index < -0.39 is 29.9 Å².